The third-order valence-corrected chi connectivity index (χ3v) is 12.5. The van der Waals surface area contributed by atoms with Crippen LogP contribution < -0.4 is 0 Å². The first-order valence-corrected chi connectivity index (χ1v) is 19.7. The van der Waals surface area contributed by atoms with E-state index in [1.165, 1.54) is 103 Å². The SMILES string of the molecule is CC1=Cc2c(cc(C(C)(C)C)c(C)c2-c2cc(C(C)(C)C)cc(C(C)(C)C)c2)C1CC1C(C)=Cc2c1cc1c(c2-c2cc(C)cc(C)c2)CCC1. The molecular formula is C51H62. The first-order valence-electron chi connectivity index (χ1n) is 19.7. The van der Waals surface area contributed by atoms with E-state index in [-0.39, 0.29) is 16.2 Å². The summed E-state index contributed by atoms with van der Waals surface area (Å²) in [4.78, 5) is 0. The van der Waals surface area contributed by atoms with Crippen molar-refractivity contribution in [3.63, 3.8) is 0 Å². The van der Waals surface area contributed by atoms with Gasteiger partial charge in [-0.2, -0.15) is 0 Å². The normalized spacial score (nSPS) is 18.5. The fourth-order valence-electron chi connectivity index (χ4n) is 9.74. The second-order valence-electron chi connectivity index (χ2n) is 19.7. The van der Waals surface area contributed by atoms with Crippen LogP contribution in [0.5, 0.6) is 0 Å². The minimum atomic E-state index is 0.0422. The van der Waals surface area contributed by atoms with Crippen molar-refractivity contribution in [2.24, 2.45) is 0 Å². The van der Waals surface area contributed by atoms with Crippen molar-refractivity contribution in [1.82, 2.24) is 0 Å². The molecule has 0 heteroatoms. The molecule has 0 bridgehead atoms. The van der Waals surface area contributed by atoms with Crippen LogP contribution in [-0.2, 0) is 29.1 Å². The lowest BCUT2D eigenvalue weighted by Gasteiger charge is -2.30. The van der Waals surface area contributed by atoms with Crippen LogP contribution in [0.1, 0.15) is 168 Å². The molecule has 0 N–H and O–H groups in total. The maximum absolute atomic E-state index is 2.63. The average molecular weight is 675 g/mol. The van der Waals surface area contributed by atoms with Crippen LogP contribution in [-0.4, -0.2) is 0 Å². The maximum atomic E-state index is 2.63. The highest BCUT2D eigenvalue weighted by Crippen LogP contribution is 2.54. The Hall–Kier alpha value is -3.64. The van der Waals surface area contributed by atoms with Gasteiger partial charge in [-0.05, 0) is 154 Å². The standard InChI is InChI=1S/C51H62/c1-29-18-30(2)20-35(19-29)48-39-17-15-16-34(39)25-42-40(32(4)22-45(42)48)27-41-31(3)21-44-43(41)28-46(51(12,13)14)33(5)47(44)36-23-37(49(6,7)8)26-38(24-36)50(9,10)11/h18-26,28,40-41H,15-17,27H2,1-14H3. The summed E-state index contributed by atoms with van der Waals surface area (Å²) in [7, 11) is 0. The maximum Gasteiger partial charge on any atom is 0.00639 e. The molecule has 266 valence electrons. The summed E-state index contributed by atoms with van der Waals surface area (Å²) in [6.45, 7) is 33.1. The Morgan fingerprint density at radius 2 is 1.04 bits per heavy atom. The highest BCUT2D eigenvalue weighted by atomic mass is 14.4. The highest BCUT2D eigenvalue weighted by Gasteiger charge is 2.36. The zero-order valence-electron chi connectivity index (χ0n) is 34.3. The van der Waals surface area contributed by atoms with Crippen molar-refractivity contribution in [2.45, 2.75) is 151 Å². The van der Waals surface area contributed by atoms with Crippen LogP contribution in [0.3, 0.4) is 0 Å². The van der Waals surface area contributed by atoms with Crippen LogP contribution in [0.25, 0.3) is 34.4 Å². The number of fused-ring (bicyclic) bond motifs is 3. The van der Waals surface area contributed by atoms with E-state index >= 15 is 0 Å². The molecule has 0 saturated carbocycles. The highest BCUT2D eigenvalue weighted by molar-refractivity contribution is 5.88. The van der Waals surface area contributed by atoms with Crippen LogP contribution in [0.15, 0.2) is 59.7 Å². The lowest BCUT2D eigenvalue weighted by atomic mass is 9.74. The third-order valence-electron chi connectivity index (χ3n) is 12.5. The van der Waals surface area contributed by atoms with Crippen LogP contribution >= 0.6 is 0 Å². The van der Waals surface area contributed by atoms with Gasteiger partial charge in [-0.3, -0.25) is 0 Å². The molecule has 0 aromatic heterocycles. The smallest absolute Gasteiger partial charge is 0.00639 e. The molecule has 3 aliphatic carbocycles. The Morgan fingerprint density at radius 1 is 0.529 bits per heavy atom. The first kappa shape index (κ1) is 35.7. The minimum Gasteiger partial charge on any atom is -0.0651 e. The van der Waals surface area contributed by atoms with Crippen molar-refractivity contribution in [2.75, 3.05) is 0 Å². The van der Waals surface area contributed by atoms with Gasteiger partial charge in [0.1, 0.15) is 0 Å². The Morgan fingerprint density at radius 3 is 1.57 bits per heavy atom. The van der Waals surface area contributed by atoms with Gasteiger partial charge in [0.15, 0.2) is 0 Å². The van der Waals surface area contributed by atoms with E-state index in [1.807, 2.05) is 0 Å². The summed E-state index contributed by atoms with van der Waals surface area (Å²) in [5.74, 6) is 0.819. The molecule has 0 amide bonds. The Labute approximate surface area is 310 Å². The van der Waals surface area contributed by atoms with Gasteiger partial charge < -0.3 is 0 Å². The molecule has 0 nitrogen and oxygen atoms in total. The molecule has 0 heterocycles. The first-order chi connectivity index (χ1) is 23.7. The van der Waals surface area contributed by atoms with Crippen molar-refractivity contribution in [3.05, 3.63) is 126 Å². The molecule has 4 aromatic carbocycles. The molecule has 2 unspecified atom stereocenters. The van der Waals surface area contributed by atoms with E-state index in [2.05, 4.69) is 158 Å². The predicted octanol–water partition coefficient (Wildman–Crippen LogP) is 14.4. The van der Waals surface area contributed by atoms with E-state index in [1.54, 1.807) is 16.7 Å². The molecule has 0 saturated heterocycles. The largest absolute Gasteiger partial charge is 0.0651 e. The minimum absolute atomic E-state index is 0.0422. The monoisotopic (exact) mass is 674 g/mol. The summed E-state index contributed by atoms with van der Waals surface area (Å²) in [5, 5.41) is 0. The van der Waals surface area contributed by atoms with Crippen molar-refractivity contribution in [1.29, 1.82) is 0 Å². The number of allylic oxidation sites excluding steroid dienone is 2. The quantitative estimate of drug-likeness (QED) is 0.202. The topological polar surface area (TPSA) is 0 Å². The Bertz CT molecular complexity index is 2080. The second kappa shape index (κ2) is 12.2. The molecule has 0 radical (unpaired) electrons. The number of benzene rings is 4. The molecule has 3 aliphatic rings. The summed E-state index contributed by atoms with van der Waals surface area (Å²) in [6, 6.07) is 19.9. The zero-order chi connectivity index (χ0) is 36.9. The van der Waals surface area contributed by atoms with Gasteiger partial charge in [0, 0.05) is 11.8 Å². The molecule has 4 aromatic rings. The third kappa shape index (κ3) is 6.30. The van der Waals surface area contributed by atoms with E-state index in [0.29, 0.717) is 11.8 Å². The van der Waals surface area contributed by atoms with Crippen molar-refractivity contribution in [3.8, 4) is 22.3 Å². The number of aryl methyl sites for hydroxylation is 3. The lowest BCUT2D eigenvalue weighted by molar-refractivity contribution is 0.568. The van der Waals surface area contributed by atoms with E-state index in [0.717, 1.165) is 6.42 Å². The number of hydrogen-bond acceptors (Lipinski definition) is 0. The zero-order valence-corrected chi connectivity index (χ0v) is 34.3. The fourth-order valence-corrected chi connectivity index (χ4v) is 9.74. The fraction of sp³-hybridized carbons (Fsp3) is 0.451. The van der Waals surface area contributed by atoms with E-state index in [4.69, 9.17) is 0 Å². The molecule has 0 spiro atoms. The predicted molar refractivity (Wildman–Crippen MR) is 223 cm³/mol. The van der Waals surface area contributed by atoms with Crippen LogP contribution in [0.2, 0.25) is 0 Å². The summed E-state index contributed by atoms with van der Waals surface area (Å²) >= 11 is 0. The Balaban J connectivity index is 1.39. The summed E-state index contributed by atoms with van der Waals surface area (Å²) in [6.07, 6.45) is 9.93. The van der Waals surface area contributed by atoms with Gasteiger partial charge in [-0.1, -0.05) is 145 Å². The van der Waals surface area contributed by atoms with Gasteiger partial charge in [0.2, 0.25) is 0 Å². The average Bonchev–Trinajstić information content (AvgIpc) is 3.68. The number of rotatable bonds is 4. The molecule has 0 fully saturated rings. The van der Waals surface area contributed by atoms with Crippen molar-refractivity contribution >= 4 is 12.2 Å². The molecule has 2 atom stereocenters. The number of hydrogen-bond donors (Lipinski definition) is 0. The lowest BCUT2D eigenvalue weighted by Crippen LogP contribution is -2.18. The second-order valence-corrected chi connectivity index (χ2v) is 19.7. The van der Waals surface area contributed by atoms with Gasteiger partial charge in [0.05, 0.1) is 0 Å². The van der Waals surface area contributed by atoms with Gasteiger partial charge in [-0.25, -0.2) is 0 Å². The summed E-state index contributed by atoms with van der Waals surface area (Å²) in [5.41, 5.74) is 26.7. The van der Waals surface area contributed by atoms with E-state index in [9.17, 15) is 0 Å². The van der Waals surface area contributed by atoms with E-state index < -0.39 is 0 Å². The van der Waals surface area contributed by atoms with Gasteiger partial charge in [-0.15, -0.1) is 0 Å². The van der Waals surface area contributed by atoms with Crippen molar-refractivity contribution < 1.29 is 0 Å². The molecule has 51 heavy (non-hydrogen) atoms. The molecule has 7 rings (SSSR count). The molecule has 0 aliphatic heterocycles. The van der Waals surface area contributed by atoms with Gasteiger partial charge in [0.25, 0.3) is 0 Å². The molecular weight excluding hydrogens is 613 g/mol. The Kier molecular flexibility index (Phi) is 8.56. The van der Waals surface area contributed by atoms with Crippen LogP contribution in [0, 0.1) is 20.8 Å². The van der Waals surface area contributed by atoms with Gasteiger partial charge >= 0.3 is 0 Å². The van der Waals surface area contributed by atoms with Crippen LogP contribution in [0.4, 0.5) is 0 Å². The summed E-state index contributed by atoms with van der Waals surface area (Å²) < 4.78 is 0.